The third-order valence-electron chi connectivity index (χ3n) is 7.94. The highest BCUT2D eigenvalue weighted by Crippen LogP contribution is 2.35. The van der Waals surface area contributed by atoms with Crippen molar-refractivity contribution in [2.45, 2.75) is 38.3 Å². The molecule has 2 atom stereocenters. The fourth-order valence-corrected chi connectivity index (χ4v) is 5.94. The molecule has 4 heterocycles. The van der Waals surface area contributed by atoms with Crippen LogP contribution in [0.1, 0.15) is 29.2 Å². The minimum absolute atomic E-state index is 0.0518. The van der Waals surface area contributed by atoms with Crippen molar-refractivity contribution in [1.29, 1.82) is 0 Å². The molecule has 10 heteroatoms. The maximum atomic E-state index is 14.1. The first-order chi connectivity index (χ1) is 19.5. The molecular weight excluding hydrogens is 509 g/mol. The monoisotopic (exact) mass is 543 g/mol. The number of rotatable bonds is 8. The summed E-state index contributed by atoms with van der Waals surface area (Å²) in [5.74, 6) is 0.273. The van der Waals surface area contributed by atoms with E-state index in [1.54, 1.807) is 23.9 Å². The van der Waals surface area contributed by atoms with Gasteiger partial charge in [-0.1, -0.05) is 30.3 Å². The number of amides is 2. The van der Waals surface area contributed by atoms with Crippen LogP contribution in [0.5, 0.6) is 0 Å². The van der Waals surface area contributed by atoms with Crippen molar-refractivity contribution in [2.75, 3.05) is 38.7 Å². The lowest BCUT2D eigenvalue weighted by Gasteiger charge is -2.21. The number of methoxy groups -OCH3 is 1. The predicted molar refractivity (Wildman–Crippen MR) is 151 cm³/mol. The van der Waals surface area contributed by atoms with Crippen LogP contribution in [0.3, 0.4) is 0 Å². The number of fused-ring (bicyclic) bond motifs is 1. The second kappa shape index (κ2) is 11.2. The van der Waals surface area contributed by atoms with Gasteiger partial charge < -0.3 is 10.1 Å². The average molecular weight is 544 g/mol. The number of para-hydroxylation sites is 1. The normalized spacial score (nSPS) is 18.7. The van der Waals surface area contributed by atoms with Gasteiger partial charge in [-0.2, -0.15) is 10.2 Å². The van der Waals surface area contributed by atoms with Crippen molar-refractivity contribution in [3.63, 3.8) is 0 Å². The molecule has 6 rings (SSSR count). The lowest BCUT2D eigenvalue weighted by Crippen LogP contribution is -2.42. The smallest absolute Gasteiger partial charge is 0.320 e. The van der Waals surface area contributed by atoms with E-state index in [-0.39, 0.29) is 23.8 Å². The molecule has 2 aliphatic heterocycles. The Balaban J connectivity index is 1.29. The Bertz CT molecular complexity index is 1500. The molecule has 40 heavy (non-hydrogen) atoms. The van der Waals surface area contributed by atoms with Crippen molar-refractivity contribution < 1.29 is 13.9 Å². The summed E-state index contributed by atoms with van der Waals surface area (Å²) in [5, 5.41) is 15.8. The second-order valence-electron chi connectivity index (χ2n) is 10.5. The number of anilines is 1. The molecule has 2 aromatic carbocycles. The molecule has 2 unspecified atom stereocenters. The van der Waals surface area contributed by atoms with Crippen molar-refractivity contribution >= 4 is 11.8 Å². The zero-order valence-electron chi connectivity index (χ0n) is 22.8. The summed E-state index contributed by atoms with van der Waals surface area (Å²) in [6, 6.07) is 15.9. The standard InChI is InChI=1S/C30H34FN7O2/c1-20-28(24-17-32-37-13-7-12-27(24)37)35-38(23-10-4-3-5-11-23)29(20)34-30(39)33-26-19-36(14-15-40-2)18-25(26)21-8-6-9-22(31)16-21/h3-6,8-11,16-17,25-26H,7,12-15,18-19H2,1-2H3,(H2,33,34,39). The van der Waals surface area contributed by atoms with Crippen molar-refractivity contribution in [3.05, 3.63) is 83.4 Å². The average Bonchev–Trinajstić information content (AvgIpc) is 3.73. The lowest BCUT2D eigenvalue weighted by molar-refractivity contribution is 0.159. The summed E-state index contributed by atoms with van der Waals surface area (Å²) < 4.78 is 23.2. The lowest BCUT2D eigenvalue weighted by atomic mass is 9.94. The summed E-state index contributed by atoms with van der Waals surface area (Å²) in [5.41, 5.74) is 5.58. The molecule has 0 radical (unpaired) electrons. The number of benzene rings is 2. The van der Waals surface area contributed by atoms with Gasteiger partial charge in [0, 0.05) is 56.0 Å². The highest BCUT2D eigenvalue weighted by molar-refractivity contribution is 5.91. The highest BCUT2D eigenvalue weighted by atomic mass is 19.1. The highest BCUT2D eigenvalue weighted by Gasteiger charge is 2.35. The molecule has 2 aliphatic rings. The second-order valence-corrected chi connectivity index (χ2v) is 10.5. The number of hydrogen-bond acceptors (Lipinski definition) is 5. The van der Waals surface area contributed by atoms with Gasteiger partial charge in [0.1, 0.15) is 17.3 Å². The molecular formula is C30H34FN7O2. The summed E-state index contributed by atoms with van der Waals surface area (Å²) in [6.07, 6.45) is 3.90. The summed E-state index contributed by atoms with van der Waals surface area (Å²) in [4.78, 5) is 15.8. The number of halogens is 1. The van der Waals surface area contributed by atoms with E-state index in [9.17, 15) is 9.18 Å². The maximum absolute atomic E-state index is 14.1. The fraction of sp³-hybridized carbons (Fsp3) is 0.367. The molecule has 2 aromatic heterocycles. The van der Waals surface area contributed by atoms with E-state index < -0.39 is 0 Å². The SMILES string of the molecule is COCCN1CC(NC(=O)Nc2c(C)c(-c3cnn4c3CCC4)nn2-c2ccccc2)C(c2cccc(F)c2)C1. The zero-order valence-corrected chi connectivity index (χ0v) is 22.8. The van der Waals surface area contributed by atoms with Crippen LogP contribution >= 0.6 is 0 Å². The quantitative estimate of drug-likeness (QED) is 0.345. The molecule has 9 nitrogen and oxygen atoms in total. The Labute approximate surface area is 232 Å². The molecule has 0 spiro atoms. The molecule has 1 saturated heterocycles. The first kappa shape index (κ1) is 26.2. The number of carbonyl (C=O) groups is 1. The fourth-order valence-electron chi connectivity index (χ4n) is 5.94. The maximum Gasteiger partial charge on any atom is 0.320 e. The minimum Gasteiger partial charge on any atom is -0.383 e. The van der Waals surface area contributed by atoms with Gasteiger partial charge >= 0.3 is 6.03 Å². The van der Waals surface area contributed by atoms with Crippen molar-refractivity contribution in [2.24, 2.45) is 0 Å². The van der Waals surface area contributed by atoms with E-state index in [1.165, 1.54) is 11.8 Å². The van der Waals surface area contributed by atoms with Gasteiger partial charge in [0.2, 0.25) is 0 Å². The topological polar surface area (TPSA) is 89.2 Å². The number of nitrogens with zero attached hydrogens (tertiary/aromatic N) is 5. The van der Waals surface area contributed by atoms with Gasteiger partial charge in [-0.05, 0) is 49.6 Å². The summed E-state index contributed by atoms with van der Waals surface area (Å²) in [6.45, 7) is 5.57. The number of nitrogens with one attached hydrogen (secondary N) is 2. The Hall–Kier alpha value is -4.02. The van der Waals surface area contributed by atoms with Crippen LogP contribution in [0.4, 0.5) is 15.0 Å². The molecule has 0 saturated carbocycles. The van der Waals surface area contributed by atoms with E-state index in [0.717, 1.165) is 54.0 Å². The van der Waals surface area contributed by atoms with Gasteiger partial charge in [0.25, 0.3) is 0 Å². The molecule has 4 aromatic rings. The largest absolute Gasteiger partial charge is 0.383 e. The van der Waals surface area contributed by atoms with E-state index >= 15 is 0 Å². The Morgan fingerprint density at radius 2 is 2.00 bits per heavy atom. The van der Waals surface area contributed by atoms with Crippen LogP contribution in [-0.2, 0) is 17.7 Å². The third kappa shape index (κ3) is 5.12. The van der Waals surface area contributed by atoms with E-state index in [0.29, 0.717) is 25.5 Å². The number of urea groups is 1. The van der Waals surface area contributed by atoms with E-state index in [2.05, 4.69) is 20.6 Å². The number of aryl methyl sites for hydroxylation is 1. The molecule has 1 fully saturated rings. The van der Waals surface area contributed by atoms with Crippen LogP contribution < -0.4 is 10.6 Å². The molecule has 2 N–H and O–H groups in total. The van der Waals surface area contributed by atoms with E-state index in [4.69, 9.17) is 9.84 Å². The van der Waals surface area contributed by atoms with Gasteiger partial charge in [0.05, 0.1) is 24.5 Å². The van der Waals surface area contributed by atoms with Crippen LogP contribution in [0.25, 0.3) is 16.9 Å². The number of likely N-dealkylation sites (tertiary alicyclic amines) is 1. The Morgan fingerprint density at radius 3 is 2.80 bits per heavy atom. The van der Waals surface area contributed by atoms with Gasteiger partial charge in [-0.15, -0.1) is 0 Å². The number of ether oxygens (including phenoxy) is 1. The molecule has 208 valence electrons. The zero-order chi connectivity index (χ0) is 27.6. The van der Waals surface area contributed by atoms with Crippen molar-refractivity contribution in [3.8, 4) is 16.9 Å². The molecule has 0 bridgehead atoms. The van der Waals surface area contributed by atoms with Crippen LogP contribution in [0, 0.1) is 12.7 Å². The molecule has 0 aliphatic carbocycles. The first-order valence-corrected chi connectivity index (χ1v) is 13.8. The Kier molecular flexibility index (Phi) is 7.36. The predicted octanol–water partition coefficient (Wildman–Crippen LogP) is 4.37. The summed E-state index contributed by atoms with van der Waals surface area (Å²) in [7, 11) is 1.67. The first-order valence-electron chi connectivity index (χ1n) is 13.8. The molecule has 2 amide bonds. The van der Waals surface area contributed by atoms with E-state index in [1.807, 2.05) is 54.2 Å². The number of aromatic nitrogens is 4. The van der Waals surface area contributed by atoms with Crippen LogP contribution in [-0.4, -0.2) is 69.9 Å². The number of hydrogen-bond donors (Lipinski definition) is 2. The number of carbonyl (C=O) groups excluding carboxylic acids is 1. The van der Waals surface area contributed by atoms with Crippen LogP contribution in [0.15, 0.2) is 60.8 Å². The van der Waals surface area contributed by atoms with Gasteiger partial charge in [-0.25, -0.2) is 13.9 Å². The van der Waals surface area contributed by atoms with Gasteiger partial charge in [0.15, 0.2) is 0 Å². The van der Waals surface area contributed by atoms with Gasteiger partial charge in [-0.3, -0.25) is 14.9 Å². The Morgan fingerprint density at radius 1 is 1.15 bits per heavy atom. The third-order valence-corrected chi connectivity index (χ3v) is 7.94. The minimum atomic E-state index is -0.327. The van der Waals surface area contributed by atoms with Crippen molar-refractivity contribution in [1.82, 2.24) is 29.8 Å². The van der Waals surface area contributed by atoms with Crippen LogP contribution in [0.2, 0.25) is 0 Å². The summed E-state index contributed by atoms with van der Waals surface area (Å²) >= 11 is 0.